The SMILES string of the molecule is Cc1nn(Cc2cccc(C(F)(F)F)c2)c(C)c1S(=O)(=O)N(C)Cc1ccco1. The van der Waals surface area contributed by atoms with Crippen molar-refractivity contribution in [2.45, 2.75) is 38.0 Å². The molecule has 0 N–H and O–H groups in total. The van der Waals surface area contributed by atoms with Gasteiger partial charge in [0.2, 0.25) is 10.0 Å². The minimum absolute atomic E-state index is 0.0218. The molecule has 0 aliphatic rings. The molecule has 0 saturated carbocycles. The highest BCUT2D eigenvalue weighted by Crippen LogP contribution is 2.30. The normalized spacial score (nSPS) is 12.7. The first kappa shape index (κ1) is 21.1. The predicted molar refractivity (Wildman–Crippen MR) is 99.6 cm³/mol. The largest absolute Gasteiger partial charge is 0.468 e. The van der Waals surface area contributed by atoms with Gasteiger partial charge in [-0.3, -0.25) is 4.68 Å². The van der Waals surface area contributed by atoms with Crippen LogP contribution in [0.25, 0.3) is 0 Å². The van der Waals surface area contributed by atoms with E-state index in [1.54, 1.807) is 32.0 Å². The molecule has 0 unspecified atom stereocenters. The average molecular weight is 427 g/mol. The van der Waals surface area contributed by atoms with Crippen LogP contribution in [0.2, 0.25) is 0 Å². The van der Waals surface area contributed by atoms with Crippen molar-refractivity contribution >= 4 is 10.0 Å². The predicted octanol–water partition coefficient (Wildman–Crippen LogP) is 3.98. The molecular formula is C19H20F3N3O3S. The van der Waals surface area contributed by atoms with Gasteiger partial charge in [-0.15, -0.1) is 0 Å². The molecule has 0 spiro atoms. The first-order chi connectivity index (χ1) is 13.5. The molecule has 2 heterocycles. The van der Waals surface area contributed by atoms with Gasteiger partial charge in [-0.25, -0.2) is 8.42 Å². The number of halogens is 3. The molecule has 0 atom stereocenters. The third kappa shape index (κ3) is 4.38. The Morgan fingerprint density at radius 2 is 1.90 bits per heavy atom. The van der Waals surface area contributed by atoms with Crippen LogP contribution in [0.3, 0.4) is 0 Å². The summed E-state index contributed by atoms with van der Waals surface area (Å²) < 4.78 is 72.6. The van der Waals surface area contributed by atoms with E-state index in [2.05, 4.69) is 5.10 Å². The number of aromatic nitrogens is 2. The maximum Gasteiger partial charge on any atom is 0.416 e. The minimum atomic E-state index is -4.45. The van der Waals surface area contributed by atoms with E-state index >= 15 is 0 Å². The molecule has 0 radical (unpaired) electrons. The summed E-state index contributed by atoms with van der Waals surface area (Å²) in [5.41, 5.74) is 0.243. The Kier molecular flexibility index (Phi) is 5.59. The summed E-state index contributed by atoms with van der Waals surface area (Å²) in [4.78, 5) is 0.0403. The maximum absolute atomic E-state index is 13.0. The van der Waals surface area contributed by atoms with Crippen molar-refractivity contribution in [3.05, 3.63) is 70.9 Å². The van der Waals surface area contributed by atoms with E-state index in [4.69, 9.17) is 4.42 Å². The lowest BCUT2D eigenvalue weighted by molar-refractivity contribution is -0.137. The molecule has 6 nitrogen and oxygen atoms in total. The molecule has 1 aromatic carbocycles. The maximum atomic E-state index is 13.0. The number of sulfonamides is 1. The van der Waals surface area contributed by atoms with Crippen LogP contribution < -0.4 is 0 Å². The first-order valence-electron chi connectivity index (χ1n) is 8.69. The Balaban J connectivity index is 1.90. The van der Waals surface area contributed by atoms with Crippen molar-refractivity contribution < 1.29 is 26.0 Å². The van der Waals surface area contributed by atoms with Crippen LogP contribution in [0.15, 0.2) is 52.0 Å². The van der Waals surface area contributed by atoms with Crippen molar-refractivity contribution in [1.29, 1.82) is 0 Å². The van der Waals surface area contributed by atoms with Crippen molar-refractivity contribution in [2.24, 2.45) is 0 Å². The molecule has 0 fully saturated rings. The molecule has 0 aliphatic heterocycles. The second-order valence-electron chi connectivity index (χ2n) is 6.70. The smallest absolute Gasteiger partial charge is 0.416 e. The lowest BCUT2D eigenvalue weighted by atomic mass is 10.1. The van der Waals surface area contributed by atoms with Gasteiger partial charge in [0.1, 0.15) is 10.7 Å². The van der Waals surface area contributed by atoms with Gasteiger partial charge in [-0.2, -0.15) is 22.6 Å². The number of furan rings is 1. The Bertz CT molecular complexity index is 1100. The van der Waals surface area contributed by atoms with Gasteiger partial charge in [0.05, 0.1) is 36.3 Å². The fourth-order valence-electron chi connectivity index (χ4n) is 3.09. The number of hydrogen-bond acceptors (Lipinski definition) is 4. The molecule has 29 heavy (non-hydrogen) atoms. The lowest BCUT2D eigenvalue weighted by Crippen LogP contribution is -2.27. The summed E-state index contributed by atoms with van der Waals surface area (Å²) in [5, 5.41) is 4.25. The lowest BCUT2D eigenvalue weighted by Gasteiger charge is -2.16. The van der Waals surface area contributed by atoms with Gasteiger partial charge in [0.15, 0.2) is 0 Å². The third-order valence-corrected chi connectivity index (χ3v) is 6.59. The van der Waals surface area contributed by atoms with E-state index in [1.807, 2.05) is 0 Å². The fraction of sp³-hybridized carbons (Fsp3) is 0.316. The van der Waals surface area contributed by atoms with E-state index in [-0.39, 0.29) is 23.7 Å². The van der Waals surface area contributed by atoms with Gasteiger partial charge in [-0.1, -0.05) is 12.1 Å². The summed E-state index contributed by atoms with van der Waals surface area (Å²) in [7, 11) is -2.44. The molecule has 0 saturated heterocycles. The highest BCUT2D eigenvalue weighted by atomic mass is 32.2. The molecule has 156 valence electrons. The van der Waals surface area contributed by atoms with Crippen molar-refractivity contribution in [2.75, 3.05) is 7.05 Å². The molecule has 2 aromatic heterocycles. The van der Waals surface area contributed by atoms with E-state index in [1.165, 1.54) is 24.1 Å². The van der Waals surface area contributed by atoms with Gasteiger partial charge >= 0.3 is 6.18 Å². The van der Waals surface area contributed by atoms with Crippen LogP contribution in [0, 0.1) is 13.8 Å². The summed E-state index contributed by atoms with van der Waals surface area (Å²) in [5.74, 6) is 0.489. The second-order valence-corrected chi connectivity index (χ2v) is 8.68. The van der Waals surface area contributed by atoms with Gasteiger partial charge in [0, 0.05) is 7.05 Å². The van der Waals surface area contributed by atoms with E-state index in [0.717, 1.165) is 16.4 Å². The highest BCUT2D eigenvalue weighted by molar-refractivity contribution is 7.89. The van der Waals surface area contributed by atoms with E-state index < -0.39 is 21.8 Å². The van der Waals surface area contributed by atoms with E-state index in [0.29, 0.717) is 17.0 Å². The summed E-state index contributed by atoms with van der Waals surface area (Å²) in [6.07, 6.45) is -2.99. The first-order valence-corrected chi connectivity index (χ1v) is 10.1. The van der Waals surface area contributed by atoms with Gasteiger partial charge in [-0.05, 0) is 43.7 Å². The Morgan fingerprint density at radius 3 is 2.52 bits per heavy atom. The summed E-state index contributed by atoms with van der Waals surface area (Å²) in [6.45, 7) is 3.21. The highest BCUT2D eigenvalue weighted by Gasteiger charge is 2.31. The standard InChI is InChI=1S/C19H20F3N3O3S/c1-13-18(29(26,27)24(3)12-17-8-5-9-28-17)14(2)25(23-13)11-15-6-4-7-16(10-15)19(20,21)22/h4-10H,11-12H2,1-3H3. The van der Waals surface area contributed by atoms with E-state index in [9.17, 15) is 21.6 Å². The number of benzene rings is 1. The monoisotopic (exact) mass is 427 g/mol. The molecule has 3 rings (SSSR count). The zero-order valence-corrected chi connectivity index (χ0v) is 16.9. The Labute approximate surface area is 166 Å². The van der Waals surface area contributed by atoms with Gasteiger partial charge < -0.3 is 4.42 Å². The number of aryl methyl sites for hydroxylation is 1. The van der Waals surface area contributed by atoms with Crippen molar-refractivity contribution in [1.82, 2.24) is 14.1 Å². The van der Waals surface area contributed by atoms with Crippen LogP contribution in [0.4, 0.5) is 13.2 Å². The second kappa shape index (κ2) is 7.68. The van der Waals surface area contributed by atoms with Crippen molar-refractivity contribution in [3.8, 4) is 0 Å². The fourth-order valence-corrected chi connectivity index (χ4v) is 4.59. The third-order valence-electron chi connectivity index (χ3n) is 4.53. The zero-order valence-electron chi connectivity index (χ0n) is 16.1. The summed E-state index contributed by atoms with van der Waals surface area (Å²) >= 11 is 0. The van der Waals surface area contributed by atoms with Crippen LogP contribution in [-0.4, -0.2) is 29.6 Å². The molecule has 0 amide bonds. The van der Waals surface area contributed by atoms with Crippen LogP contribution >= 0.6 is 0 Å². The summed E-state index contributed by atoms with van der Waals surface area (Å²) in [6, 6.07) is 8.22. The number of rotatable bonds is 6. The van der Waals surface area contributed by atoms with Crippen LogP contribution in [0.1, 0.15) is 28.3 Å². The molecule has 10 heteroatoms. The molecule has 0 aliphatic carbocycles. The molecule has 0 bridgehead atoms. The number of alkyl halides is 3. The average Bonchev–Trinajstić information content (AvgIpc) is 3.22. The zero-order chi connectivity index (χ0) is 21.4. The quantitative estimate of drug-likeness (QED) is 0.597. The van der Waals surface area contributed by atoms with Crippen molar-refractivity contribution in [3.63, 3.8) is 0 Å². The van der Waals surface area contributed by atoms with Gasteiger partial charge in [0.25, 0.3) is 0 Å². The Hall–Kier alpha value is -2.59. The number of hydrogen-bond donors (Lipinski definition) is 0. The van der Waals surface area contributed by atoms with Crippen LogP contribution in [0.5, 0.6) is 0 Å². The Morgan fingerprint density at radius 1 is 1.17 bits per heavy atom. The minimum Gasteiger partial charge on any atom is -0.468 e. The van der Waals surface area contributed by atoms with Crippen LogP contribution in [-0.2, 0) is 29.3 Å². The molecular weight excluding hydrogens is 407 g/mol. The molecule has 3 aromatic rings. The topological polar surface area (TPSA) is 68.3 Å². The number of nitrogens with zero attached hydrogens (tertiary/aromatic N) is 3.